The summed E-state index contributed by atoms with van der Waals surface area (Å²) in [5, 5.41) is 16.2. The zero-order valence-corrected chi connectivity index (χ0v) is 10.6. The van der Waals surface area contributed by atoms with Crippen molar-refractivity contribution in [1.82, 2.24) is 5.32 Å². The number of primary amides is 1. The summed E-state index contributed by atoms with van der Waals surface area (Å²) in [5.41, 5.74) is 4.90. The largest absolute Gasteiger partial charge is 0.378 e. The average molecular weight is 293 g/mol. The lowest BCUT2D eigenvalue weighted by Gasteiger charge is -2.08. The van der Waals surface area contributed by atoms with E-state index in [-0.39, 0.29) is 34.5 Å². The van der Waals surface area contributed by atoms with Gasteiger partial charge >= 0.3 is 6.03 Å². The Bertz CT molecular complexity index is 481. The molecule has 0 fully saturated rings. The summed E-state index contributed by atoms with van der Waals surface area (Å²) in [6.07, 6.45) is 0. The van der Waals surface area contributed by atoms with Crippen LogP contribution in [0.4, 0.5) is 16.2 Å². The van der Waals surface area contributed by atoms with Crippen molar-refractivity contribution in [3.05, 3.63) is 32.3 Å². The van der Waals surface area contributed by atoms with Gasteiger partial charge in [0.1, 0.15) is 5.69 Å². The highest BCUT2D eigenvalue weighted by Crippen LogP contribution is 2.33. The number of carbonyl (C=O) groups is 1. The maximum atomic E-state index is 10.8. The minimum absolute atomic E-state index is 0.101. The maximum Gasteiger partial charge on any atom is 0.312 e. The molecule has 1 aromatic carbocycles. The second-order valence-corrected chi connectivity index (χ2v) is 4.07. The van der Waals surface area contributed by atoms with Gasteiger partial charge in [0.15, 0.2) is 0 Å². The first-order valence-corrected chi connectivity index (χ1v) is 5.58. The lowest BCUT2D eigenvalue weighted by molar-refractivity contribution is -0.383. The van der Waals surface area contributed by atoms with E-state index in [1.165, 1.54) is 6.07 Å². The van der Waals surface area contributed by atoms with Gasteiger partial charge in [-0.3, -0.25) is 10.1 Å². The van der Waals surface area contributed by atoms with Crippen LogP contribution in [0.5, 0.6) is 0 Å². The molecule has 0 aliphatic heterocycles. The second-order valence-electron chi connectivity index (χ2n) is 3.26. The van der Waals surface area contributed by atoms with Crippen LogP contribution in [0.15, 0.2) is 12.1 Å². The van der Waals surface area contributed by atoms with E-state index in [4.69, 9.17) is 28.9 Å². The van der Waals surface area contributed by atoms with Crippen molar-refractivity contribution in [3.63, 3.8) is 0 Å². The summed E-state index contributed by atoms with van der Waals surface area (Å²) in [7, 11) is 0. The van der Waals surface area contributed by atoms with E-state index in [1.807, 2.05) is 0 Å². The smallest absolute Gasteiger partial charge is 0.312 e. The molecule has 18 heavy (non-hydrogen) atoms. The number of anilines is 1. The normalized spacial score (nSPS) is 9.89. The summed E-state index contributed by atoms with van der Waals surface area (Å²) in [6, 6.07) is 1.85. The SMILES string of the molecule is NC(=O)NCCNc1cc(Cl)c(Cl)cc1[N+](=O)[O-]. The van der Waals surface area contributed by atoms with Gasteiger partial charge in [-0.2, -0.15) is 0 Å². The van der Waals surface area contributed by atoms with Crippen molar-refractivity contribution in [2.24, 2.45) is 5.73 Å². The molecule has 98 valence electrons. The number of hydrogen-bond acceptors (Lipinski definition) is 4. The Labute approximate surface area is 112 Å². The van der Waals surface area contributed by atoms with E-state index in [1.54, 1.807) is 0 Å². The molecule has 2 amide bonds. The van der Waals surface area contributed by atoms with E-state index in [0.717, 1.165) is 6.07 Å². The molecular formula is C9H10Cl2N4O3. The van der Waals surface area contributed by atoms with Crippen LogP contribution in [0.3, 0.4) is 0 Å². The molecule has 1 aromatic rings. The maximum absolute atomic E-state index is 10.8. The molecule has 0 radical (unpaired) electrons. The molecule has 0 unspecified atom stereocenters. The van der Waals surface area contributed by atoms with E-state index in [9.17, 15) is 14.9 Å². The zero-order valence-electron chi connectivity index (χ0n) is 9.07. The number of hydrogen-bond donors (Lipinski definition) is 3. The number of carbonyl (C=O) groups excluding carboxylic acids is 1. The molecule has 0 spiro atoms. The molecule has 0 saturated carbocycles. The molecule has 7 nitrogen and oxygen atoms in total. The van der Waals surface area contributed by atoms with Gasteiger partial charge in [-0.05, 0) is 6.07 Å². The topological polar surface area (TPSA) is 110 Å². The van der Waals surface area contributed by atoms with Gasteiger partial charge in [-0.15, -0.1) is 0 Å². The molecule has 0 saturated heterocycles. The van der Waals surface area contributed by atoms with E-state index < -0.39 is 11.0 Å². The standard InChI is InChI=1S/C9H10Cl2N4O3/c10-5-3-7(13-1-2-14-9(12)16)8(15(17)18)4-6(5)11/h3-4,13H,1-2H2,(H3,12,14,16). The molecule has 0 aliphatic carbocycles. The molecule has 0 aliphatic rings. The minimum Gasteiger partial charge on any atom is -0.378 e. The highest BCUT2D eigenvalue weighted by molar-refractivity contribution is 6.42. The molecule has 0 aromatic heterocycles. The number of amides is 2. The number of nitro benzene ring substituents is 1. The highest BCUT2D eigenvalue weighted by Gasteiger charge is 2.16. The van der Waals surface area contributed by atoms with Crippen LogP contribution in [0.25, 0.3) is 0 Å². The second kappa shape index (κ2) is 6.27. The van der Waals surface area contributed by atoms with Crippen molar-refractivity contribution in [2.45, 2.75) is 0 Å². The molecule has 0 bridgehead atoms. The van der Waals surface area contributed by atoms with Crippen LogP contribution < -0.4 is 16.4 Å². The number of halogens is 2. The van der Waals surface area contributed by atoms with Crippen LogP contribution in [0.1, 0.15) is 0 Å². The number of benzene rings is 1. The first kappa shape index (κ1) is 14.3. The van der Waals surface area contributed by atoms with Gasteiger partial charge in [0.25, 0.3) is 5.69 Å². The van der Waals surface area contributed by atoms with Crippen molar-refractivity contribution >= 4 is 40.6 Å². The Kier molecular flexibility index (Phi) is 4.99. The van der Waals surface area contributed by atoms with Crippen molar-refractivity contribution < 1.29 is 9.72 Å². The van der Waals surface area contributed by atoms with E-state index in [2.05, 4.69) is 10.6 Å². The molecule has 0 atom stereocenters. The quantitative estimate of drug-likeness (QED) is 0.438. The number of nitro groups is 1. The first-order valence-electron chi connectivity index (χ1n) is 4.82. The molecular weight excluding hydrogens is 283 g/mol. The third kappa shape index (κ3) is 3.94. The number of urea groups is 1. The minimum atomic E-state index is -0.666. The summed E-state index contributed by atoms with van der Waals surface area (Å²) >= 11 is 11.5. The average Bonchev–Trinajstić information content (AvgIpc) is 2.28. The number of nitrogens with zero attached hydrogens (tertiary/aromatic N) is 1. The lowest BCUT2D eigenvalue weighted by Crippen LogP contribution is -2.33. The van der Waals surface area contributed by atoms with Gasteiger partial charge in [0.2, 0.25) is 0 Å². The van der Waals surface area contributed by atoms with Gasteiger partial charge in [0.05, 0.1) is 15.0 Å². The zero-order chi connectivity index (χ0) is 13.7. The molecule has 0 heterocycles. The fourth-order valence-electron chi connectivity index (χ4n) is 1.21. The lowest BCUT2D eigenvalue weighted by atomic mass is 10.2. The van der Waals surface area contributed by atoms with E-state index >= 15 is 0 Å². The first-order chi connectivity index (χ1) is 8.41. The Morgan fingerprint density at radius 3 is 2.50 bits per heavy atom. The highest BCUT2D eigenvalue weighted by atomic mass is 35.5. The Morgan fingerprint density at radius 2 is 1.94 bits per heavy atom. The van der Waals surface area contributed by atoms with Crippen LogP contribution in [0.2, 0.25) is 10.0 Å². The third-order valence-electron chi connectivity index (χ3n) is 1.97. The van der Waals surface area contributed by atoms with Crippen LogP contribution in [-0.4, -0.2) is 24.0 Å². The van der Waals surface area contributed by atoms with Gasteiger partial charge in [-0.25, -0.2) is 4.79 Å². The van der Waals surface area contributed by atoms with Gasteiger partial charge in [0, 0.05) is 19.2 Å². The van der Waals surface area contributed by atoms with E-state index in [0.29, 0.717) is 0 Å². The molecule has 4 N–H and O–H groups in total. The monoisotopic (exact) mass is 292 g/mol. The van der Waals surface area contributed by atoms with Crippen molar-refractivity contribution in [2.75, 3.05) is 18.4 Å². The van der Waals surface area contributed by atoms with Gasteiger partial charge in [-0.1, -0.05) is 23.2 Å². The van der Waals surface area contributed by atoms with Crippen molar-refractivity contribution in [3.8, 4) is 0 Å². The number of rotatable bonds is 5. The molecule has 1 rings (SSSR count). The fraction of sp³-hybridized carbons (Fsp3) is 0.222. The summed E-state index contributed by atoms with van der Waals surface area (Å²) < 4.78 is 0. The Balaban J connectivity index is 2.77. The summed E-state index contributed by atoms with van der Waals surface area (Å²) in [5.74, 6) is 0. The Hall–Kier alpha value is -1.73. The summed E-state index contributed by atoms with van der Waals surface area (Å²) in [4.78, 5) is 20.6. The number of nitrogens with one attached hydrogen (secondary N) is 2. The molecule has 9 heteroatoms. The predicted octanol–water partition coefficient (Wildman–Crippen LogP) is 1.98. The van der Waals surface area contributed by atoms with Crippen LogP contribution in [0, 0.1) is 10.1 Å². The van der Waals surface area contributed by atoms with Gasteiger partial charge < -0.3 is 16.4 Å². The predicted molar refractivity (Wildman–Crippen MR) is 69.2 cm³/mol. The summed E-state index contributed by atoms with van der Waals surface area (Å²) in [6.45, 7) is 0.495. The third-order valence-corrected chi connectivity index (χ3v) is 2.70. The van der Waals surface area contributed by atoms with Crippen LogP contribution in [-0.2, 0) is 0 Å². The fourth-order valence-corrected chi connectivity index (χ4v) is 1.53. The Morgan fingerprint density at radius 1 is 1.33 bits per heavy atom. The van der Waals surface area contributed by atoms with Crippen molar-refractivity contribution in [1.29, 1.82) is 0 Å². The van der Waals surface area contributed by atoms with Crippen LogP contribution >= 0.6 is 23.2 Å². The number of nitrogens with two attached hydrogens (primary N) is 1.